The number of rotatable bonds is 3. The van der Waals surface area contributed by atoms with E-state index in [1.165, 1.54) is 0 Å². The average molecular weight is 297 g/mol. The average Bonchev–Trinajstić information content (AvgIpc) is 3.29. The lowest BCUT2D eigenvalue weighted by atomic mass is 9.95. The fraction of sp³-hybridized carbons (Fsp3) is 0.500. The predicted octanol–water partition coefficient (Wildman–Crippen LogP) is 2.10. The maximum atomic E-state index is 12.7. The Kier molecular flexibility index (Phi) is 3.36. The molecule has 2 aromatic heterocycles. The molecule has 0 spiro atoms. The maximum Gasteiger partial charge on any atom is 0.272 e. The van der Waals surface area contributed by atoms with Crippen LogP contribution in [0.25, 0.3) is 0 Å². The van der Waals surface area contributed by atoms with Crippen molar-refractivity contribution in [1.29, 1.82) is 0 Å². The first-order valence-corrected chi connectivity index (χ1v) is 7.93. The van der Waals surface area contributed by atoms with Crippen molar-refractivity contribution >= 4 is 5.91 Å². The molecule has 2 aromatic rings. The van der Waals surface area contributed by atoms with Crippen LogP contribution in [-0.4, -0.2) is 44.1 Å². The summed E-state index contributed by atoms with van der Waals surface area (Å²) < 4.78 is 0. The predicted molar refractivity (Wildman–Crippen MR) is 80.5 cm³/mol. The van der Waals surface area contributed by atoms with Crippen LogP contribution in [0.2, 0.25) is 0 Å². The van der Waals surface area contributed by atoms with Crippen LogP contribution in [0.1, 0.15) is 59.5 Å². The molecule has 1 atom stereocenters. The van der Waals surface area contributed by atoms with E-state index in [2.05, 4.69) is 20.2 Å². The lowest BCUT2D eigenvalue weighted by Gasteiger charge is -2.32. The summed E-state index contributed by atoms with van der Waals surface area (Å²) in [6.07, 6.45) is 7.86. The third-order valence-electron chi connectivity index (χ3n) is 4.51. The van der Waals surface area contributed by atoms with Crippen molar-refractivity contribution in [3.05, 3.63) is 41.7 Å². The number of hydrogen-bond acceptors (Lipinski definition) is 4. The quantitative estimate of drug-likeness (QED) is 0.941. The largest absolute Gasteiger partial charge is 0.337 e. The van der Waals surface area contributed by atoms with Crippen LogP contribution in [0.15, 0.2) is 24.5 Å². The summed E-state index contributed by atoms with van der Waals surface area (Å²) in [6.45, 7) is 1.52. The van der Waals surface area contributed by atoms with Crippen LogP contribution < -0.4 is 0 Å². The van der Waals surface area contributed by atoms with Crippen LogP contribution in [0.5, 0.6) is 0 Å². The number of nitrogens with one attached hydrogen (secondary N) is 1. The first-order chi connectivity index (χ1) is 10.8. The van der Waals surface area contributed by atoms with Crippen LogP contribution in [-0.2, 0) is 0 Å². The normalized spacial score (nSPS) is 21.8. The molecule has 0 bridgehead atoms. The van der Waals surface area contributed by atoms with Gasteiger partial charge < -0.3 is 4.90 Å². The Morgan fingerprint density at radius 2 is 2.09 bits per heavy atom. The van der Waals surface area contributed by atoms with E-state index in [1.54, 1.807) is 18.5 Å². The summed E-state index contributed by atoms with van der Waals surface area (Å²) in [6, 6.07) is 3.72. The molecule has 1 aliphatic heterocycles. The minimum atomic E-state index is 0.0218. The zero-order valence-electron chi connectivity index (χ0n) is 12.4. The Labute approximate surface area is 129 Å². The Morgan fingerprint density at radius 3 is 2.86 bits per heavy atom. The minimum Gasteiger partial charge on any atom is -0.337 e. The van der Waals surface area contributed by atoms with Crippen LogP contribution in [0.4, 0.5) is 0 Å². The minimum absolute atomic E-state index is 0.0218. The summed E-state index contributed by atoms with van der Waals surface area (Å²) in [5.74, 6) is 1.65. The van der Waals surface area contributed by atoms with E-state index in [0.29, 0.717) is 17.5 Å². The van der Waals surface area contributed by atoms with E-state index in [9.17, 15) is 4.79 Å². The molecule has 3 heterocycles. The molecule has 1 saturated heterocycles. The SMILES string of the molecule is O=C(c1ccnc(C2CC2)n1)N1CCC[C@@H](c2ccn[nH]2)C1. The van der Waals surface area contributed by atoms with Crippen molar-refractivity contribution in [3.8, 4) is 0 Å². The summed E-state index contributed by atoms with van der Waals surface area (Å²) in [5, 5.41) is 7.04. The van der Waals surface area contributed by atoms with Gasteiger partial charge in [0.05, 0.1) is 0 Å². The van der Waals surface area contributed by atoms with Gasteiger partial charge in [-0.3, -0.25) is 9.89 Å². The van der Waals surface area contributed by atoms with Gasteiger partial charge in [-0.1, -0.05) is 0 Å². The fourth-order valence-corrected chi connectivity index (χ4v) is 3.10. The van der Waals surface area contributed by atoms with Gasteiger partial charge in [-0.05, 0) is 37.8 Å². The molecular weight excluding hydrogens is 278 g/mol. The van der Waals surface area contributed by atoms with Gasteiger partial charge in [0.25, 0.3) is 5.91 Å². The van der Waals surface area contributed by atoms with E-state index in [0.717, 1.165) is 50.3 Å². The highest BCUT2D eigenvalue weighted by atomic mass is 16.2. The lowest BCUT2D eigenvalue weighted by molar-refractivity contribution is 0.0699. The smallest absolute Gasteiger partial charge is 0.272 e. The first kappa shape index (κ1) is 13.4. The molecule has 4 rings (SSSR count). The van der Waals surface area contributed by atoms with Gasteiger partial charge in [-0.15, -0.1) is 0 Å². The monoisotopic (exact) mass is 297 g/mol. The number of aromatic nitrogens is 4. The van der Waals surface area contributed by atoms with Gasteiger partial charge in [0.15, 0.2) is 0 Å². The number of aromatic amines is 1. The van der Waals surface area contributed by atoms with Gasteiger partial charge in [0.1, 0.15) is 11.5 Å². The van der Waals surface area contributed by atoms with Gasteiger partial charge in [-0.25, -0.2) is 9.97 Å². The second kappa shape index (κ2) is 5.51. The standard InChI is InChI=1S/C16H19N5O/c22-16(14-5-7-17-15(19-14)11-3-4-11)21-9-1-2-12(10-21)13-6-8-18-20-13/h5-8,11-12H,1-4,9-10H2,(H,18,20)/t12-/m1/s1. The van der Waals surface area contributed by atoms with Crippen LogP contribution in [0, 0.1) is 0 Å². The molecule has 0 radical (unpaired) electrons. The van der Waals surface area contributed by atoms with Crippen molar-refractivity contribution in [2.24, 2.45) is 0 Å². The van der Waals surface area contributed by atoms with Crippen molar-refractivity contribution in [2.75, 3.05) is 13.1 Å². The van der Waals surface area contributed by atoms with Crippen molar-refractivity contribution in [1.82, 2.24) is 25.1 Å². The second-order valence-corrected chi connectivity index (χ2v) is 6.18. The molecule has 22 heavy (non-hydrogen) atoms. The van der Waals surface area contributed by atoms with Gasteiger partial charge >= 0.3 is 0 Å². The van der Waals surface area contributed by atoms with E-state index < -0.39 is 0 Å². The number of likely N-dealkylation sites (tertiary alicyclic amines) is 1. The molecular formula is C16H19N5O. The zero-order valence-corrected chi connectivity index (χ0v) is 12.4. The number of carbonyl (C=O) groups excluding carboxylic acids is 1. The summed E-state index contributed by atoms with van der Waals surface area (Å²) >= 11 is 0. The molecule has 2 fully saturated rings. The molecule has 2 aliphatic rings. The summed E-state index contributed by atoms with van der Waals surface area (Å²) in [7, 11) is 0. The molecule has 6 heteroatoms. The third-order valence-corrected chi connectivity index (χ3v) is 4.51. The number of H-pyrrole nitrogens is 1. The highest BCUT2D eigenvalue weighted by molar-refractivity contribution is 5.92. The molecule has 0 unspecified atom stereocenters. The molecule has 1 aliphatic carbocycles. The Balaban J connectivity index is 1.51. The van der Waals surface area contributed by atoms with Crippen molar-refractivity contribution in [3.63, 3.8) is 0 Å². The first-order valence-electron chi connectivity index (χ1n) is 7.93. The maximum absolute atomic E-state index is 12.7. The Morgan fingerprint density at radius 1 is 1.18 bits per heavy atom. The number of nitrogens with zero attached hydrogens (tertiary/aromatic N) is 4. The molecule has 1 saturated carbocycles. The Hall–Kier alpha value is -2.24. The van der Waals surface area contributed by atoms with Crippen LogP contribution >= 0.6 is 0 Å². The van der Waals surface area contributed by atoms with Crippen molar-refractivity contribution in [2.45, 2.75) is 37.5 Å². The molecule has 1 N–H and O–H groups in total. The second-order valence-electron chi connectivity index (χ2n) is 6.18. The number of carbonyl (C=O) groups is 1. The number of amides is 1. The molecule has 1 amide bonds. The Bertz CT molecular complexity index is 665. The van der Waals surface area contributed by atoms with E-state index in [4.69, 9.17) is 0 Å². The fourth-order valence-electron chi connectivity index (χ4n) is 3.10. The zero-order chi connectivity index (χ0) is 14.9. The molecule has 114 valence electrons. The molecule has 6 nitrogen and oxygen atoms in total. The van der Waals surface area contributed by atoms with E-state index in [-0.39, 0.29) is 5.91 Å². The van der Waals surface area contributed by atoms with Gasteiger partial charge in [0.2, 0.25) is 0 Å². The number of piperidine rings is 1. The number of hydrogen-bond donors (Lipinski definition) is 1. The summed E-state index contributed by atoms with van der Waals surface area (Å²) in [4.78, 5) is 23.4. The summed E-state index contributed by atoms with van der Waals surface area (Å²) in [5.41, 5.74) is 1.64. The van der Waals surface area contributed by atoms with Gasteiger partial charge in [0, 0.05) is 43.0 Å². The highest BCUT2D eigenvalue weighted by Crippen LogP contribution is 2.37. The van der Waals surface area contributed by atoms with Crippen molar-refractivity contribution < 1.29 is 4.79 Å². The highest BCUT2D eigenvalue weighted by Gasteiger charge is 2.29. The molecule has 0 aromatic carbocycles. The lowest BCUT2D eigenvalue weighted by Crippen LogP contribution is -2.39. The van der Waals surface area contributed by atoms with Crippen LogP contribution in [0.3, 0.4) is 0 Å². The topological polar surface area (TPSA) is 74.8 Å². The van der Waals surface area contributed by atoms with Gasteiger partial charge in [-0.2, -0.15) is 5.10 Å². The third kappa shape index (κ3) is 2.61. The van der Waals surface area contributed by atoms with E-state index >= 15 is 0 Å². The van der Waals surface area contributed by atoms with E-state index in [1.807, 2.05) is 11.0 Å².